The Morgan fingerprint density at radius 3 is 2.62 bits per heavy atom. The summed E-state index contributed by atoms with van der Waals surface area (Å²) in [5, 5.41) is 7.11. The van der Waals surface area contributed by atoms with Gasteiger partial charge in [-0.1, -0.05) is 6.07 Å². The Morgan fingerprint density at radius 1 is 1.08 bits per heavy atom. The Hall–Kier alpha value is -2.96. The highest BCUT2D eigenvalue weighted by molar-refractivity contribution is 6.20. The Bertz CT molecular complexity index is 818. The van der Waals surface area contributed by atoms with Gasteiger partial charge in [-0.2, -0.15) is 5.10 Å². The van der Waals surface area contributed by atoms with Crippen molar-refractivity contribution in [2.24, 2.45) is 0 Å². The summed E-state index contributed by atoms with van der Waals surface area (Å²) in [4.78, 5) is 37.2. The summed E-state index contributed by atoms with van der Waals surface area (Å²) in [7, 11) is 0. The molecule has 1 fully saturated rings. The molecule has 1 saturated heterocycles. The Kier molecular flexibility index (Phi) is 3.41. The highest BCUT2D eigenvalue weighted by atomic mass is 16.2. The van der Waals surface area contributed by atoms with E-state index in [9.17, 15) is 14.4 Å². The minimum atomic E-state index is -0.312. The maximum absolute atomic E-state index is 12.4. The lowest BCUT2D eigenvalue weighted by Gasteiger charge is -2.14. The molecule has 0 unspecified atom stereocenters. The summed E-state index contributed by atoms with van der Waals surface area (Å²) in [6, 6.07) is 8.40. The number of anilines is 2. The van der Waals surface area contributed by atoms with Crippen LogP contribution in [-0.2, 0) is 22.6 Å². The van der Waals surface area contributed by atoms with Crippen LogP contribution < -0.4 is 10.2 Å². The zero-order valence-corrected chi connectivity index (χ0v) is 13.0. The molecule has 0 aliphatic carbocycles. The van der Waals surface area contributed by atoms with Gasteiger partial charge < -0.3 is 5.32 Å². The number of imide groups is 1. The van der Waals surface area contributed by atoms with Gasteiger partial charge in [0.2, 0.25) is 11.8 Å². The Morgan fingerprint density at radius 2 is 1.88 bits per heavy atom. The quantitative estimate of drug-likeness (QED) is 0.872. The van der Waals surface area contributed by atoms with Gasteiger partial charge in [0.1, 0.15) is 0 Å². The van der Waals surface area contributed by atoms with Crippen LogP contribution in [0.25, 0.3) is 0 Å². The number of hydrogen-bond donors (Lipinski definition) is 1. The number of benzene rings is 1. The van der Waals surface area contributed by atoms with E-state index in [2.05, 4.69) is 10.4 Å². The van der Waals surface area contributed by atoms with Gasteiger partial charge in [-0.05, 0) is 31.0 Å². The lowest BCUT2D eigenvalue weighted by Crippen LogP contribution is -2.28. The van der Waals surface area contributed by atoms with Crippen LogP contribution in [0.4, 0.5) is 11.5 Å². The van der Waals surface area contributed by atoms with E-state index in [0.717, 1.165) is 30.0 Å². The van der Waals surface area contributed by atoms with Crippen molar-refractivity contribution in [1.82, 2.24) is 9.78 Å². The number of nitrogens with one attached hydrogen (secondary N) is 1. The third kappa shape index (κ3) is 2.47. The SMILES string of the molecule is O=C(Nc1cc2n(n1)CCC2)c1cccc(N2C(=O)CCC2=O)c1. The van der Waals surface area contributed by atoms with Gasteiger partial charge in [0, 0.05) is 36.7 Å². The maximum atomic E-state index is 12.4. The number of fused-ring (bicyclic) bond motifs is 1. The summed E-state index contributed by atoms with van der Waals surface area (Å²) in [6.07, 6.45) is 2.49. The van der Waals surface area contributed by atoms with Crippen molar-refractivity contribution in [2.75, 3.05) is 10.2 Å². The van der Waals surface area contributed by atoms with Gasteiger partial charge >= 0.3 is 0 Å². The number of aryl methyl sites for hydroxylation is 2. The number of carbonyl (C=O) groups is 3. The molecular formula is C17H16N4O3. The molecule has 1 N–H and O–H groups in total. The molecule has 1 aromatic heterocycles. The normalized spacial score (nSPS) is 16.6. The van der Waals surface area contributed by atoms with E-state index < -0.39 is 0 Å². The molecule has 0 atom stereocenters. The second kappa shape index (κ2) is 5.59. The van der Waals surface area contributed by atoms with E-state index in [1.165, 1.54) is 0 Å². The first-order valence-corrected chi connectivity index (χ1v) is 7.96. The molecule has 122 valence electrons. The van der Waals surface area contributed by atoms with Crippen LogP contribution in [0.2, 0.25) is 0 Å². The molecule has 3 heterocycles. The van der Waals surface area contributed by atoms with Crippen LogP contribution in [0.15, 0.2) is 30.3 Å². The molecule has 0 radical (unpaired) electrons. The predicted molar refractivity (Wildman–Crippen MR) is 86.7 cm³/mol. The smallest absolute Gasteiger partial charge is 0.256 e. The fourth-order valence-corrected chi connectivity index (χ4v) is 3.16. The molecule has 24 heavy (non-hydrogen) atoms. The first kappa shape index (κ1) is 14.6. The molecule has 7 heteroatoms. The van der Waals surface area contributed by atoms with E-state index in [-0.39, 0.29) is 30.6 Å². The predicted octanol–water partition coefficient (Wildman–Crippen LogP) is 1.73. The average Bonchev–Trinajstić information content (AvgIpc) is 3.23. The molecule has 0 bridgehead atoms. The van der Waals surface area contributed by atoms with Gasteiger partial charge in [-0.3, -0.25) is 24.0 Å². The average molecular weight is 324 g/mol. The minimum absolute atomic E-state index is 0.218. The van der Waals surface area contributed by atoms with Crippen LogP contribution in [0, 0.1) is 0 Å². The van der Waals surface area contributed by atoms with Crippen molar-refractivity contribution in [3.63, 3.8) is 0 Å². The summed E-state index contributed by atoms with van der Waals surface area (Å²) in [5.74, 6) is -0.257. The van der Waals surface area contributed by atoms with Gasteiger partial charge in [-0.25, -0.2) is 0 Å². The molecule has 0 spiro atoms. The summed E-state index contributed by atoms with van der Waals surface area (Å²) in [5.41, 5.74) is 1.93. The summed E-state index contributed by atoms with van der Waals surface area (Å²) < 4.78 is 1.90. The topological polar surface area (TPSA) is 84.3 Å². The highest BCUT2D eigenvalue weighted by Gasteiger charge is 2.30. The van der Waals surface area contributed by atoms with E-state index in [4.69, 9.17) is 0 Å². The van der Waals surface area contributed by atoms with Crippen molar-refractivity contribution in [3.05, 3.63) is 41.6 Å². The van der Waals surface area contributed by atoms with Crippen molar-refractivity contribution >= 4 is 29.2 Å². The minimum Gasteiger partial charge on any atom is -0.305 e. The van der Waals surface area contributed by atoms with E-state index in [0.29, 0.717) is 17.1 Å². The number of carbonyl (C=O) groups excluding carboxylic acids is 3. The molecule has 2 aliphatic rings. The van der Waals surface area contributed by atoms with Crippen molar-refractivity contribution in [2.45, 2.75) is 32.2 Å². The second-order valence-corrected chi connectivity index (χ2v) is 5.97. The van der Waals surface area contributed by atoms with Crippen LogP contribution in [0.1, 0.15) is 35.3 Å². The standard InChI is InChI=1S/C17H16N4O3/c22-15-6-7-16(23)21(15)13-4-1-3-11(9-13)17(24)18-14-10-12-5-2-8-20(12)19-14/h1,3-4,9-10H,2,5-8H2,(H,18,19,24). The van der Waals surface area contributed by atoms with Gasteiger partial charge in [0.05, 0.1) is 5.69 Å². The summed E-state index contributed by atoms with van der Waals surface area (Å²) in [6.45, 7) is 0.875. The van der Waals surface area contributed by atoms with Gasteiger partial charge in [-0.15, -0.1) is 0 Å². The van der Waals surface area contributed by atoms with Crippen molar-refractivity contribution in [3.8, 4) is 0 Å². The summed E-state index contributed by atoms with van der Waals surface area (Å²) >= 11 is 0. The first-order valence-electron chi connectivity index (χ1n) is 7.96. The van der Waals surface area contributed by atoms with Crippen molar-refractivity contribution < 1.29 is 14.4 Å². The number of amides is 3. The van der Waals surface area contributed by atoms with Crippen LogP contribution in [0.3, 0.4) is 0 Å². The number of aromatic nitrogens is 2. The second-order valence-electron chi connectivity index (χ2n) is 5.97. The van der Waals surface area contributed by atoms with E-state index in [1.807, 2.05) is 10.7 Å². The zero-order valence-electron chi connectivity index (χ0n) is 13.0. The van der Waals surface area contributed by atoms with Crippen LogP contribution in [-0.4, -0.2) is 27.5 Å². The monoisotopic (exact) mass is 324 g/mol. The van der Waals surface area contributed by atoms with Crippen LogP contribution >= 0.6 is 0 Å². The first-order chi connectivity index (χ1) is 11.6. The third-order valence-corrected chi connectivity index (χ3v) is 4.33. The highest BCUT2D eigenvalue weighted by Crippen LogP contribution is 2.24. The lowest BCUT2D eigenvalue weighted by molar-refractivity contribution is -0.121. The Labute approximate surface area is 138 Å². The fraction of sp³-hybridized carbons (Fsp3) is 0.294. The number of hydrogen-bond acceptors (Lipinski definition) is 4. The molecule has 1 aromatic carbocycles. The third-order valence-electron chi connectivity index (χ3n) is 4.33. The molecule has 0 saturated carbocycles. The molecule has 3 amide bonds. The lowest BCUT2D eigenvalue weighted by atomic mass is 10.1. The largest absolute Gasteiger partial charge is 0.305 e. The molecule has 2 aliphatic heterocycles. The molecule has 4 rings (SSSR count). The number of rotatable bonds is 3. The molecule has 2 aromatic rings. The Balaban J connectivity index is 1.55. The van der Waals surface area contributed by atoms with Crippen LogP contribution in [0.5, 0.6) is 0 Å². The maximum Gasteiger partial charge on any atom is 0.256 e. The van der Waals surface area contributed by atoms with E-state index >= 15 is 0 Å². The molecular weight excluding hydrogens is 308 g/mol. The van der Waals surface area contributed by atoms with Gasteiger partial charge in [0.15, 0.2) is 5.82 Å². The zero-order chi connectivity index (χ0) is 16.7. The molecule has 7 nitrogen and oxygen atoms in total. The van der Waals surface area contributed by atoms with Gasteiger partial charge in [0.25, 0.3) is 5.91 Å². The van der Waals surface area contributed by atoms with Crippen molar-refractivity contribution in [1.29, 1.82) is 0 Å². The fourth-order valence-electron chi connectivity index (χ4n) is 3.16. The number of nitrogens with zero attached hydrogens (tertiary/aromatic N) is 3. The van der Waals surface area contributed by atoms with E-state index in [1.54, 1.807) is 24.3 Å².